The first-order valence-corrected chi connectivity index (χ1v) is 6.30. The van der Waals surface area contributed by atoms with E-state index in [2.05, 4.69) is 0 Å². The van der Waals surface area contributed by atoms with E-state index in [-0.39, 0.29) is 12.5 Å². The minimum absolute atomic E-state index is 0.132. The molecule has 0 aliphatic carbocycles. The van der Waals surface area contributed by atoms with E-state index >= 15 is 0 Å². The molecule has 19 heavy (non-hydrogen) atoms. The molecule has 1 unspecified atom stereocenters. The van der Waals surface area contributed by atoms with E-state index in [9.17, 15) is 4.79 Å². The number of hydrogen-bond donors (Lipinski definition) is 0. The first-order chi connectivity index (χ1) is 9.26. The number of hydrogen-bond acceptors (Lipinski definition) is 4. The van der Waals surface area contributed by atoms with Gasteiger partial charge in [0.25, 0.3) is 5.91 Å². The van der Waals surface area contributed by atoms with E-state index < -0.39 is 6.10 Å². The largest absolute Gasteiger partial charge is 0.485 e. The van der Waals surface area contributed by atoms with E-state index in [0.717, 1.165) is 0 Å². The number of carbonyl (C=O) groups excluding carboxylic acids is 1. The molecule has 0 radical (unpaired) electrons. The van der Waals surface area contributed by atoms with Gasteiger partial charge in [0.2, 0.25) is 6.10 Å². The average Bonchev–Trinajstić information content (AvgIpc) is 2.47. The summed E-state index contributed by atoms with van der Waals surface area (Å²) in [6.45, 7) is 3.07. The van der Waals surface area contributed by atoms with Gasteiger partial charge in [-0.2, -0.15) is 5.26 Å². The van der Waals surface area contributed by atoms with E-state index in [1.807, 2.05) is 31.2 Å². The maximum absolute atomic E-state index is 12.3. The predicted molar refractivity (Wildman–Crippen MR) is 68.8 cm³/mol. The zero-order valence-electron chi connectivity index (χ0n) is 10.8. The molecule has 0 N–H and O–H groups in total. The quantitative estimate of drug-likeness (QED) is 0.824. The molecule has 1 atom stereocenters. The third-order valence-electron chi connectivity index (χ3n) is 2.97. The van der Waals surface area contributed by atoms with Crippen molar-refractivity contribution in [2.24, 2.45) is 0 Å². The summed E-state index contributed by atoms with van der Waals surface area (Å²) < 4.78 is 11.2. The number of benzene rings is 1. The van der Waals surface area contributed by atoms with Crippen molar-refractivity contribution >= 4 is 5.91 Å². The predicted octanol–water partition coefficient (Wildman–Crippen LogP) is 1.59. The first kappa shape index (κ1) is 13.2. The minimum Gasteiger partial charge on any atom is -0.485 e. The molecule has 2 rings (SSSR count). The zero-order valence-corrected chi connectivity index (χ0v) is 10.8. The Hall–Kier alpha value is -2.22. The molecular weight excluding hydrogens is 244 g/mol. The molecule has 0 saturated heterocycles. The zero-order chi connectivity index (χ0) is 13.7. The van der Waals surface area contributed by atoms with E-state index in [1.165, 1.54) is 0 Å². The molecular formula is C14H16N2O3. The summed E-state index contributed by atoms with van der Waals surface area (Å²) >= 11 is 0. The molecule has 0 saturated carbocycles. The second-order valence-corrected chi connectivity index (χ2v) is 4.19. The van der Waals surface area contributed by atoms with Crippen LogP contribution in [-0.4, -0.2) is 36.6 Å². The topological polar surface area (TPSA) is 62.6 Å². The standard InChI is InChI=1S/C14H16N2O3/c1-2-16(9-5-8-15)14(17)13-10-18-11-6-3-4-7-12(11)19-13/h3-4,6-7,13H,2,5,9-10H2,1H3. The number of amides is 1. The molecule has 1 aliphatic rings. The Morgan fingerprint density at radius 3 is 2.89 bits per heavy atom. The van der Waals surface area contributed by atoms with Crippen LogP contribution in [0.25, 0.3) is 0 Å². The highest BCUT2D eigenvalue weighted by atomic mass is 16.6. The maximum atomic E-state index is 12.3. The van der Waals surface area contributed by atoms with Crippen molar-refractivity contribution in [3.05, 3.63) is 24.3 Å². The Balaban J connectivity index is 2.03. The number of nitrogens with zero attached hydrogens (tertiary/aromatic N) is 2. The smallest absolute Gasteiger partial charge is 0.267 e. The lowest BCUT2D eigenvalue weighted by Crippen LogP contribution is -2.46. The van der Waals surface area contributed by atoms with Crippen LogP contribution in [-0.2, 0) is 4.79 Å². The van der Waals surface area contributed by atoms with E-state index in [4.69, 9.17) is 14.7 Å². The lowest BCUT2D eigenvalue weighted by molar-refractivity contribution is -0.140. The minimum atomic E-state index is -0.631. The summed E-state index contributed by atoms with van der Waals surface area (Å²) in [7, 11) is 0. The van der Waals surface area contributed by atoms with Crippen molar-refractivity contribution in [1.29, 1.82) is 5.26 Å². The average molecular weight is 260 g/mol. The highest BCUT2D eigenvalue weighted by Gasteiger charge is 2.30. The summed E-state index contributed by atoms with van der Waals surface area (Å²) in [5, 5.41) is 8.59. The fraction of sp³-hybridized carbons (Fsp3) is 0.429. The molecule has 100 valence electrons. The lowest BCUT2D eigenvalue weighted by atomic mass is 10.2. The van der Waals surface area contributed by atoms with Crippen LogP contribution in [0.2, 0.25) is 0 Å². The lowest BCUT2D eigenvalue weighted by Gasteiger charge is -2.29. The van der Waals surface area contributed by atoms with Crippen LogP contribution in [0, 0.1) is 11.3 Å². The van der Waals surface area contributed by atoms with Gasteiger partial charge in [-0.25, -0.2) is 0 Å². The van der Waals surface area contributed by atoms with Crippen LogP contribution in [0.15, 0.2) is 24.3 Å². The Morgan fingerprint density at radius 1 is 1.47 bits per heavy atom. The highest BCUT2D eigenvalue weighted by Crippen LogP contribution is 2.31. The third-order valence-corrected chi connectivity index (χ3v) is 2.97. The molecule has 0 bridgehead atoms. The van der Waals surface area contributed by atoms with Crippen LogP contribution < -0.4 is 9.47 Å². The second kappa shape index (κ2) is 6.10. The van der Waals surface area contributed by atoms with Gasteiger partial charge in [-0.15, -0.1) is 0 Å². The molecule has 0 spiro atoms. The summed E-state index contributed by atoms with van der Waals surface area (Å²) in [5.41, 5.74) is 0. The van der Waals surface area contributed by atoms with E-state index in [0.29, 0.717) is 31.0 Å². The highest BCUT2D eigenvalue weighted by molar-refractivity contribution is 5.82. The Kier molecular flexibility index (Phi) is 4.24. The van der Waals surface area contributed by atoms with Crippen LogP contribution >= 0.6 is 0 Å². The summed E-state index contributed by atoms with van der Waals surface area (Å²) in [5.74, 6) is 1.11. The number of rotatable bonds is 4. The Bertz CT molecular complexity index is 496. The van der Waals surface area contributed by atoms with Gasteiger partial charge in [-0.1, -0.05) is 12.1 Å². The molecule has 1 aromatic rings. The van der Waals surface area contributed by atoms with Gasteiger partial charge >= 0.3 is 0 Å². The summed E-state index contributed by atoms with van der Waals surface area (Å²) in [4.78, 5) is 13.9. The molecule has 1 heterocycles. The van der Waals surface area contributed by atoms with Crippen molar-refractivity contribution in [2.45, 2.75) is 19.4 Å². The molecule has 0 fully saturated rings. The normalized spacial score (nSPS) is 16.5. The number of para-hydroxylation sites is 2. The molecule has 5 nitrogen and oxygen atoms in total. The molecule has 5 heteroatoms. The monoisotopic (exact) mass is 260 g/mol. The van der Waals surface area contributed by atoms with Gasteiger partial charge < -0.3 is 14.4 Å². The molecule has 1 aliphatic heterocycles. The maximum Gasteiger partial charge on any atom is 0.267 e. The number of ether oxygens (including phenoxy) is 2. The Morgan fingerprint density at radius 2 is 2.21 bits per heavy atom. The van der Waals surface area contributed by atoms with Crippen LogP contribution in [0.5, 0.6) is 11.5 Å². The fourth-order valence-corrected chi connectivity index (χ4v) is 1.95. The van der Waals surface area contributed by atoms with Gasteiger partial charge in [0.1, 0.15) is 6.61 Å². The number of likely N-dealkylation sites (N-methyl/N-ethyl adjacent to an activating group) is 1. The SMILES string of the molecule is CCN(CCC#N)C(=O)C1COc2ccccc2O1. The number of fused-ring (bicyclic) bond motifs is 1. The molecule has 1 aromatic carbocycles. The number of nitriles is 1. The number of carbonyl (C=O) groups is 1. The second-order valence-electron chi connectivity index (χ2n) is 4.19. The van der Waals surface area contributed by atoms with Crippen molar-refractivity contribution in [3.63, 3.8) is 0 Å². The first-order valence-electron chi connectivity index (χ1n) is 6.30. The van der Waals surface area contributed by atoms with Gasteiger partial charge in [-0.3, -0.25) is 4.79 Å². The fourth-order valence-electron chi connectivity index (χ4n) is 1.95. The van der Waals surface area contributed by atoms with Crippen LogP contribution in [0.4, 0.5) is 0 Å². The summed E-state index contributed by atoms with van der Waals surface area (Å²) in [6.07, 6.45) is -0.308. The van der Waals surface area contributed by atoms with Gasteiger partial charge in [0.05, 0.1) is 12.5 Å². The van der Waals surface area contributed by atoms with Crippen LogP contribution in [0.1, 0.15) is 13.3 Å². The molecule has 1 amide bonds. The van der Waals surface area contributed by atoms with Crippen molar-refractivity contribution in [3.8, 4) is 17.6 Å². The van der Waals surface area contributed by atoms with Crippen molar-refractivity contribution in [2.75, 3.05) is 19.7 Å². The van der Waals surface area contributed by atoms with E-state index in [1.54, 1.807) is 11.0 Å². The van der Waals surface area contributed by atoms with Crippen molar-refractivity contribution < 1.29 is 14.3 Å². The third kappa shape index (κ3) is 2.97. The van der Waals surface area contributed by atoms with Gasteiger partial charge in [0, 0.05) is 13.1 Å². The van der Waals surface area contributed by atoms with Gasteiger partial charge in [-0.05, 0) is 19.1 Å². The van der Waals surface area contributed by atoms with Crippen LogP contribution in [0.3, 0.4) is 0 Å². The summed E-state index contributed by atoms with van der Waals surface area (Å²) in [6, 6.07) is 9.32. The van der Waals surface area contributed by atoms with Crippen molar-refractivity contribution in [1.82, 2.24) is 4.90 Å². The van der Waals surface area contributed by atoms with Gasteiger partial charge in [0.15, 0.2) is 11.5 Å². The Labute approximate surface area is 112 Å². The molecule has 0 aromatic heterocycles.